The molecule has 0 radical (unpaired) electrons. The fourth-order valence-electron chi connectivity index (χ4n) is 2.51. The number of aryl methyl sites for hydroxylation is 1. The minimum Gasteiger partial charge on any atom is -0.451 e. The Hall–Kier alpha value is -3.55. The van der Waals surface area contributed by atoms with Gasteiger partial charge in [0.1, 0.15) is 0 Å². The number of hydrogen-bond acceptors (Lipinski definition) is 6. The van der Waals surface area contributed by atoms with Crippen LogP contribution in [0.1, 0.15) is 34.8 Å². The second kappa shape index (κ2) is 6.75. The van der Waals surface area contributed by atoms with E-state index in [4.69, 9.17) is 4.74 Å². The Morgan fingerprint density at radius 3 is 2.73 bits per heavy atom. The first-order chi connectivity index (χ1) is 12.4. The van der Waals surface area contributed by atoms with E-state index in [9.17, 15) is 19.7 Å². The summed E-state index contributed by atoms with van der Waals surface area (Å²) in [5.41, 5.74) is 0.487. The summed E-state index contributed by atoms with van der Waals surface area (Å²) in [6.45, 7) is 3.15. The number of aromatic amines is 1. The van der Waals surface area contributed by atoms with Gasteiger partial charge in [-0.3, -0.25) is 14.9 Å². The topological polar surface area (TPSA) is 115 Å². The van der Waals surface area contributed by atoms with E-state index in [-0.39, 0.29) is 22.6 Å². The number of para-hydroxylation sites is 1. The summed E-state index contributed by atoms with van der Waals surface area (Å²) in [6.07, 6.45) is -0.833. The van der Waals surface area contributed by atoms with Gasteiger partial charge in [0, 0.05) is 11.6 Å². The number of nitro groups is 1. The van der Waals surface area contributed by atoms with Gasteiger partial charge in [-0.2, -0.15) is 0 Å². The number of nitro benzene ring substituents is 1. The first kappa shape index (κ1) is 17.3. The van der Waals surface area contributed by atoms with Gasteiger partial charge in [0.05, 0.1) is 21.4 Å². The average molecular weight is 353 g/mol. The van der Waals surface area contributed by atoms with E-state index >= 15 is 0 Å². The van der Waals surface area contributed by atoms with Crippen molar-refractivity contribution in [2.24, 2.45) is 0 Å². The molecule has 0 fully saturated rings. The SMILES string of the molecule is Cc1ccc(C(=O)OC(C)c2nc3ccccc3c(=O)[nH]2)cc1[N+](=O)[O-]. The van der Waals surface area contributed by atoms with Crippen molar-refractivity contribution in [2.45, 2.75) is 20.0 Å². The number of benzene rings is 2. The molecule has 1 heterocycles. The number of nitrogens with one attached hydrogen (secondary N) is 1. The van der Waals surface area contributed by atoms with Gasteiger partial charge in [-0.25, -0.2) is 9.78 Å². The van der Waals surface area contributed by atoms with Gasteiger partial charge in [-0.15, -0.1) is 0 Å². The minimum atomic E-state index is -0.833. The average Bonchev–Trinajstić information content (AvgIpc) is 2.61. The van der Waals surface area contributed by atoms with Crippen molar-refractivity contribution >= 4 is 22.6 Å². The number of ether oxygens (including phenoxy) is 1. The Morgan fingerprint density at radius 2 is 2.00 bits per heavy atom. The second-order valence-corrected chi connectivity index (χ2v) is 5.77. The van der Waals surface area contributed by atoms with Crippen LogP contribution in [0.5, 0.6) is 0 Å². The van der Waals surface area contributed by atoms with E-state index in [1.165, 1.54) is 18.2 Å². The molecular formula is C18H15N3O5. The Bertz CT molecular complexity index is 1070. The van der Waals surface area contributed by atoms with Crippen LogP contribution in [0.3, 0.4) is 0 Å². The Kier molecular flexibility index (Phi) is 4.49. The predicted molar refractivity (Wildman–Crippen MR) is 94.0 cm³/mol. The Morgan fingerprint density at radius 1 is 1.27 bits per heavy atom. The number of fused-ring (bicyclic) bond motifs is 1. The summed E-state index contributed by atoms with van der Waals surface area (Å²) in [6, 6.07) is 10.9. The highest BCUT2D eigenvalue weighted by Gasteiger charge is 2.20. The third-order valence-electron chi connectivity index (χ3n) is 3.94. The van der Waals surface area contributed by atoms with Gasteiger partial charge in [0.25, 0.3) is 11.2 Å². The van der Waals surface area contributed by atoms with Crippen LogP contribution in [0.2, 0.25) is 0 Å². The lowest BCUT2D eigenvalue weighted by atomic mass is 10.1. The van der Waals surface area contributed by atoms with Gasteiger partial charge in [0.2, 0.25) is 0 Å². The van der Waals surface area contributed by atoms with E-state index in [2.05, 4.69) is 9.97 Å². The molecule has 0 saturated carbocycles. The largest absolute Gasteiger partial charge is 0.451 e. The Labute approximate surface area is 147 Å². The van der Waals surface area contributed by atoms with Gasteiger partial charge in [-0.1, -0.05) is 18.2 Å². The third kappa shape index (κ3) is 3.30. The molecule has 132 valence electrons. The van der Waals surface area contributed by atoms with Gasteiger partial charge < -0.3 is 9.72 Å². The quantitative estimate of drug-likeness (QED) is 0.438. The molecule has 8 nitrogen and oxygen atoms in total. The lowest BCUT2D eigenvalue weighted by molar-refractivity contribution is -0.385. The monoisotopic (exact) mass is 353 g/mol. The van der Waals surface area contributed by atoms with Crippen molar-refractivity contribution in [3.05, 3.63) is 79.9 Å². The van der Waals surface area contributed by atoms with Crippen LogP contribution < -0.4 is 5.56 Å². The van der Waals surface area contributed by atoms with Crippen LogP contribution in [0.25, 0.3) is 10.9 Å². The van der Waals surface area contributed by atoms with E-state index in [1.807, 2.05) is 0 Å². The fourth-order valence-corrected chi connectivity index (χ4v) is 2.51. The number of rotatable bonds is 4. The highest BCUT2D eigenvalue weighted by atomic mass is 16.6. The maximum atomic E-state index is 12.3. The maximum absolute atomic E-state index is 12.3. The van der Waals surface area contributed by atoms with Gasteiger partial charge >= 0.3 is 5.97 Å². The number of H-pyrrole nitrogens is 1. The van der Waals surface area contributed by atoms with Gasteiger partial charge in [-0.05, 0) is 32.0 Å². The molecule has 3 aromatic rings. The van der Waals surface area contributed by atoms with Crippen LogP contribution in [-0.4, -0.2) is 20.9 Å². The first-order valence-electron chi connectivity index (χ1n) is 7.82. The van der Waals surface area contributed by atoms with Crippen LogP contribution >= 0.6 is 0 Å². The van der Waals surface area contributed by atoms with Crippen LogP contribution in [0, 0.1) is 17.0 Å². The van der Waals surface area contributed by atoms with Crippen molar-refractivity contribution in [2.75, 3.05) is 0 Å². The summed E-state index contributed by atoms with van der Waals surface area (Å²) in [5, 5.41) is 11.4. The summed E-state index contributed by atoms with van der Waals surface area (Å²) in [7, 11) is 0. The number of esters is 1. The maximum Gasteiger partial charge on any atom is 0.339 e. The standard InChI is InChI=1S/C18H15N3O5/c1-10-7-8-12(9-15(10)21(24)25)18(23)26-11(2)16-19-14-6-4-3-5-13(14)17(22)20-16/h3-9,11H,1-2H3,(H,19,20,22). The number of nitrogens with zero attached hydrogens (tertiary/aromatic N) is 2. The van der Waals surface area contributed by atoms with E-state index in [1.54, 1.807) is 38.1 Å². The van der Waals surface area contributed by atoms with Crippen LogP contribution in [-0.2, 0) is 4.74 Å². The first-order valence-corrected chi connectivity index (χ1v) is 7.82. The Balaban J connectivity index is 1.87. The minimum absolute atomic E-state index is 0.0530. The molecule has 1 unspecified atom stereocenters. The summed E-state index contributed by atoms with van der Waals surface area (Å²) in [4.78, 5) is 41.7. The van der Waals surface area contributed by atoms with E-state index in [0.717, 1.165) is 0 Å². The van der Waals surface area contributed by atoms with Crippen molar-refractivity contribution in [1.29, 1.82) is 0 Å². The molecule has 0 aliphatic heterocycles. The lowest BCUT2D eigenvalue weighted by Gasteiger charge is -2.13. The molecule has 0 bridgehead atoms. The molecule has 0 amide bonds. The van der Waals surface area contributed by atoms with Crippen molar-refractivity contribution < 1.29 is 14.5 Å². The molecule has 0 saturated heterocycles. The molecule has 8 heteroatoms. The van der Waals surface area contributed by atoms with Crippen molar-refractivity contribution in [3.63, 3.8) is 0 Å². The number of carbonyl (C=O) groups excluding carboxylic acids is 1. The molecule has 2 aromatic carbocycles. The lowest BCUT2D eigenvalue weighted by Crippen LogP contribution is -2.17. The third-order valence-corrected chi connectivity index (χ3v) is 3.94. The van der Waals surface area contributed by atoms with E-state index in [0.29, 0.717) is 16.5 Å². The molecular weight excluding hydrogens is 338 g/mol. The molecule has 1 aromatic heterocycles. The summed E-state index contributed by atoms with van der Waals surface area (Å²) in [5.74, 6) is -0.542. The van der Waals surface area contributed by atoms with E-state index < -0.39 is 17.0 Å². The molecule has 0 aliphatic rings. The zero-order valence-electron chi connectivity index (χ0n) is 14.1. The molecule has 1 atom stereocenters. The van der Waals surface area contributed by atoms with Crippen LogP contribution in [0.15, 0.2) is 47.3 Å². The smallest absolute Gasteiger partial charge is 0.339 e. The molecule has 3 rings (SSSR count). The normalized spacial score (nSPS) is 11.9. The predicted octanol–water partition coefficient (Wildman–Crippen LogP) is 3.06. The summed E-state index contributed by atoms with van der Waals surface area (Å²) < 4.78 is 5.31. The van der Waals surface area contributed by atoms with Crippen LogP contribution in [0.4, 0.5) is 5.69 Å². The molecule has 26 heavy (non-hydrogen) atoms. The number of carbonyl (C=O) groups is 1. The number of hydrogen-bond donors (Lipinski definition) is 1. The molecule has 1 N–H and O–H groups in total. The second-order valence-electron chi connectivity index (χ2n) is 5.77. The van der Waals surface area contributed by atoms with Gasteiger partial charge in [0.15, 0.2) is 11.9 Å². The van der Waals surface area contributed by atoms with Crippen molar-refractivity contribution in [1.82, 2.24) is 9.97 Å². The highest BCUT2D eigenvalue weighted by Crippen LogP contribution is 2.22. The summed E-state index contributed by atoms with van der Waals surface area (Å²) >= 11 is 0. The highest BCUT2D eigenvalue weighted by molar-refractivity contribution is 5.90. The zero-order valence-corrected chi connectivity index (χ0v) is 14.1. The zero-order chi connectivity index (χ0) is 18.8. The molecule has 0 aliphatic carbocycles. The fraction of sp³-hybridized carbons (Fsp3) is 0.167. The van der Waals surface area contributed by atoms with Crippen molar-refractivity contribution in [3.8, 4) is 0 Å². The molecule has 0 spiro atoms. The number of aromatic nitrogens is 2.